The van der Waals surface area contributed by atoms with Gasteiger partial charge in [-0.2, -0.15) is 5.26 Å². The molecule has 21 heavy (non-hydrogen) atoms. The molecule has 0 spiro atoms. The van der Waals surface area contributed by atoms with Crippen molar-refractivity contribution in [3.05, 3.63) is 35.4 Å². The Bertz CT molecular complexity index is 528. The molecule has 1 aromatic carbocycles. The molecule has 1 aliphatic rings. The Morgan fingerprint density at radius 2 is 1.81 bits per heavy atom. The highest BCUT2D eigenvalue weighted by molar-refractivity contribution is 5.81. The van der Waals surface area contributed by atoms with Crippen molar-refractivity contribution in [1.29, 1.82) is 5.26 Å². The minimum atomic E-state index is -0.820. The van der Waals surface area contributed by atoms with Crippen molar-refractivity contribution in [2.24, 2.45) is 0 Å². The molecule has 0 radical (unpaired) electrons. The van der Waals surface area contributed by atoms with Gasteiger partial charge in [0.05, 0.1) is 6.07 Å². The predicted molar refractivity (Wildman–Crippen MR) is 81.8 cm³/mol. The van der Waals surface area contributed by atoms with Crippen LogP contribution in [-0.4, -0.2) is 12.1 Å². The normalized spacial score (nSPS) is 17.2. The molecule has 0 aromatic heterocycles. The monoisotopic (exact) mass is 285 g/mol. The number of nitrogens with zero attached hydrogens (tertiary/aromatic N) is 1. The van der Waals surface area contributed by atoms with Crippen molar-refractivity contribution in [1.82, 2.24) is 0 Å². The zero-order valence-corrected chi connectivity index (χ0v) is 13.1. The highest BCUT2D eigenvalue weighted by atomic mass is 16.5. The van der Waals surface area contributed by atoms with Crippen molar-refractivity contribution in [3.63, 3.8) is 0 Å². The van der Waals surface area contributed by atoms with Crippen LogP contribution in [0.4, 0.5) is 0 Å². The van der Waals surface area contributed by atoms with Crippen molar-refractivity contribution < 1.29 is 9.53 Å². The summed E-state index contributed by atoms with van der Waals surface area (Å²) < 4.78 is 5.45. The zero-order chi connectivity index (χ0) is 15.5. The first-order chi connectivity index (χ1) is 9.91. The lowest BCUT2D eigenvalue weighted by molar-refractivity contribution is -0.149. The summed E-state index contributed by atoms with van der Waals surface area (Å²) >= 11 is 0. The highest BCUT2D eigenvalue weighted by Gasteiger charge is 2.27. The second-order valence-corrected chi connectivity index (χ2v) is 6.78. The van der Waals surface area contributed by atoms with E-state index >= 15 is 0 Å². The van der Waals surface area contributed by atoms with Crippen LogP contribution < -0.4 is 0 Å². The van der Waals surface area contributed by atoms with E-state index in [1.807, 2.05) is 24.3 Å². The Hall–Kier alpha value is -1.82. The number of esters is 1. The van der Waals surface area contributed by atoms with Gasteiger partial charge in [0.2, 0.25) is 0 Å². The van der Waals surface area contributed by atoms with Gasteiger partial charge in [-0.05, 0) is 42.2 Å². The molecule has 112 valence electrons. The molecule has 1 aromatic rings. The summed E-state index contributed by atoms with van der Waals surface area (Å²) in [6, 6.07) is 9.78. The minimum absolute atomic E-state index is 0.00204. The first-order valence-corrected chi connectivity index (χ1v) is 7.62. The lowest BCUT2D eigenvalue weighted by atomic mass is 9.85. The average Bonchev–Trinajstić information content (AvgIpc) is 2.92. The molecule has 0 saturated heterocycles. The van der Waals surface area contributed by atoms with E-state index in [4.69, 9.17) is 4.74 Å². The molecular formula is C18H23NO2. The van der Waals surface area contributed by atoms with Gasteiger partial charge in [-0.3, -0.25) is 4.79 Å². The molecular weight excluding hydrogens is 262 g/mol. The van der Waals surface area contributed by atoms with E-state index in [0.29, 0.717) is 5.56 Å². The zero-order valence-electron chi connectivity index (χ0n) is 13.1. The first-order valence-electron chi connectivity index (χ1n) is 7.62. The number of carbonyl (C=O) groups excluding carboxylic acids is 1. The standard InChI is InChI=1S/C18H23NO2/c1-18(2,3)14-10-8-13(9-11-14)16(12-19)17(20)21-15-6-4-5-7-15/h8-11,15-16H,4-7H2,1-3H3. The number of benzene rings is 1. The molecule has 0 N–H and O–H groups in total. The minimum Gasteiger partial charge on any atom is -0.461 e. The number of ether oxygens (including phenoxy) is 1. The summed E-state index contributed by atoms with van der Waals surface area (Å²) in [4.78, 5) is 12.2. The van der Waals surface area contributed by atoms with Gasteiger partial charge >= 0.3 is 5.97 Å². The Kier molecular flexibility index (Phi) is 4.67. The first kappa shape index (κ1) is 15.6. The fraction of sp³-hybridized carbons (Fsp3) is 0.556. The molecule has 0 heterocycles. The maximum absolute atomic E-state index is 12.2. The fourth-order valence-corrected chi connectivity index (χ4v) is 2.68. The Labute approximate surface area is 126 Å². The van der Waals surface area contributed by atoms with Crippen LogP contribution in [0.15, 0.2) is 24.3 Å². The summed E-state index contributed by atoms with van der Waals surface area (Å²) in [5.74, 6) is -1.23. The summed E-state index contributed by atoms with van der Waals surface area (Å²) in [5, 5.41) is 9.30. The summed E-state index contributed by atoms with van der Waals surface area (Å²) in [5.41, 5.74) is 1.96. The third-order valence-corrected chi connectivity index (χ3v) is 4.06. The Balaban J connectivity index is 2.10. The smallest absolute Gasteiger partial charge is 0.328 e. The van der Waals surface area contributed by atoms with Crippen LogP contribution in [0.25, 0.3) is 0 Å². The maximum Gasteiger partial charge on any atom is 0.328 e. The number of rotatable bonds is 3. The van der Waals surface area contributed by atoms with E-state index in [9.17, 15) is 10.1 Å². The van der Waals surface area contributed by atoms with Gasteiger partial charge < -0.3 is 4.74 Å². The molecule has 3 heteroatoms. The van der Waals surface area contributed by atoms with Gasteiger partial charge in [-0.25, -0.2) is 0 Å². The molecule has 1 saturated carbocycles. The second kappa shape index (κ2) is 6.30. The molecule has 0 aliphatic heterocycles. The van der Waals surface area contributed by atoms with E-state index in [2.05, 4.69) is 26.8 Å². The third kappa shape index (κ3) is 3.85. The number of hydrogen-bond acceptors (Lipinski definition) is 3. The van der Waals surface area contributed by atoms with Crippen molar-refractivity contribution >= 4 is 5.97 Å². The predicted octanol–water partition coefficient (Wildman–Crippen LogP) is 4.08. The Morgan fingerprint density at radius 1 is 1.24 bits per heavy atom. The quantitative estimate of drug-likeness (QED) is 0.786. The highest BCUT2D eigenvalue weighted by Crippen LogP contribution is 2.27. The SMILES string of the molecule is CC(C)(C)c1ccc(C(C#N)C(=O)OC2CCCC2)cc1. The van der Waals surface area contributed by atoms with E-state index in [-0.39, 0.29) is 11.5 Å². The van der Waals surface area contributed by atoms with E-state index in [0.717, 1.165) is 25.7 Å². The number of nitriles is 1. The van der Waals surface area contributed by atoms with Gasteiger partial charge in [-0.1, -0.05) is 45.0 Å². The topological polar surface area (TPSA) is 50.1 Å². The summed E-state index contributed by atoms with van der Waals surface area (Å²) in [6.07, 6.45) is 4.06. The van der Waals surface area contributed by atoms with Gasteiger partial charge in [-0.15, -0.1) is 0 Å². The number of carbonyl (C=O) groups is 1. The van der Waals surface area contributed by atoms with Crippen molar-refractivity contribution in [2.75, 3.05) is 0 Å². The van der Waals surface area contributed by atoms with E-state index in [1.165, 1.54) is 5.56 Å². The molecule has 1 aliphatic carbocycles. The average molecular weight is 285 g/mol. The van der Waals surface area contributed by atoms with Crippen LogP contribution in [0.2, 0.25) is 0 Å². The van der Waals surface area contributed by atoms with E-state index < -0.39 is 11.9 Å². The summed E-state index contributed by atoms with van der Waals surface area (Å²) in [7, 11) is 0. The summed E-state index contributed by atoms with van der Waals surface area (Å²) in [6.45, 7) is 6.41. The van der Waals surface area contributed by atoms with Crippen LogP contribution in [-0.2, 0) is 14.9 Å². The largest absolute Gasteiger partial charge is 0.461 e. The van der Waals surface area contributed by atoms with Gasteiger partial charge in [0.1, 0.15) is 6.10 Å². The van der Waals surface area contributed by atoms with Crippen molar-refractivity contribution in [2.45, 2.75) is 63.9 Å². The molecule has 2 rings (SSSR count). The molecule has 0 amide bonds. The van der Waals surface area contributed by atoms with E-state index in [1.54, 1.807) is 0 Å². The molecule has 1 atom stereocenters. The van der Waals surface area contributed by atoms with Gasteiger partial charge in [0, 0.05) is 0 Å². The third-order valence-electron chi connectivity index (χ3n) is 4.06. The lowest BCUT2D eigenvalue weighted by Crippen LogP contribution is -2.20. The van der Waals surface area contributed by atoms with Crippen LogP contribution in [0.1, 0.15) is 63.5 Å². The molecule has 1 unspecified atom stereocenters. The lowest BCUT2D eigenvalue weighted by Gasteiger charge is -2.20. The molecule has 1 fully saturated rings. The second-order valence-electron chi connectivity index (χ2n) is 6.78. The van der Waals surface area contributed by atoms with Crippen LogP contribution in [0.5, 0.6) is 0 Å². The molecule has 0 bridgehead atoms. The van der Waals surface area contributed by atoms with Crippen molar-refractivity contribution in [3.8, 4) is 6.07 Å². The van der Waals surface area contributed by atoms with Crippen LogP contribution >= 0.6 is 0 Å². The van der Waals surface area contributed by atoms with Crippen LogP contribution in [0.3, 0.4) is 0 Å². The van der Waals surface area contributed by atoms with Gasteiger partial charge in [0.25, 0.3) is 0 Å². The van der Waals surface area contributed by atoms with Gasteiger partial charge in [0.15, 0.2) is 5.92 Å². The fourth-order valence-electron chi connectivity index (χ4n) is 2.68. The Morgan fingerprint density at radius 3 is 2.29 bits per heavy atom. The van der Waals surface area contributed by atoms with Crippen LogP contribution in [0, 0.1) is 11.3 Å². The maximum atomic E-state index is 12.2. The number of hydrogen-bond donors (Lipinski definition) is 0. The molecule has 3 nitrogen and oxygen atoms in total.